The molecular formula is C22H21N3O5. The van der Waals surface area contributed by atoms with Gasteiger partial charge in [-0.15, -0.1) is 0 Å². The Morgan fingerprint density at radius 1 is 1.13 bits per heavy atom. The van der Waals surface area contributed by atoms with Gasteiger partial charge < -0.3 is 15.4 Å². The molecule has 0 radical (unpaired) electrons. The van der Waals surface area contributed by atoms with Gasteiger partial charge in [-0.2, -0.15) is 0 Å². The Labute approximate surface area is 173 Å². The topological polar surface area (TPSA) is 105 Å². The van der Waals surface area contributed by atoms with Gasteiger partial charge in [0.1, 0.15) is 12.1 Å². The molecule has 0 bridgehead atoms. The number of nitrogens with one attached hydrogen (secondary N) is 2. The molecule has 1 atom stereocenters. The van der Waals surface area contributed by atoms with E-state index < -0.39 is 35.9 Å². The third-order valence-electron chi connectivity index (χ3n) is 5.40. The van der Waals surface area contributed by atoms with Crippen molar-refractivity contribution in [3.05, 3.63) is 65.2 Å². The Kier molecular flexibility index (Phi) is 4.99. The zero-order chi connectivity index (χ0) is 21.3. The van der Waals surface area contributed by atoms with Gasteiger partial charge in [-0.3, -0.25) is 14.5 Å². The molecule has 30 heavy (non-hydrogen) atoms. The molecule has 2 aliphatic rings. The van der Waals surface area contributed by atoms with Crippen molar-refractivity contribution in [2.45, 2.75) is 25.3 Å². The minimum Gasteiger partial charge on any atom is -0.462 e. The summed E-state index contributed by atoms with van der Waals surface area (Å²) in [6.45, 7) is 1.60. The Bertz CT molecular complexity index is 1030. The van der Waals surface area contributed by atoms with E-state index in [1.54, 1.807) is 19.1 Å². The van der Waals surface area contributed by atoms with Crippen LogP contribution < -0.4 is 10.6 Å². The fourth-order valence-electron chi connectivity index (χ4n) is 3.98. The standard InChI is InChI=1S/C22H21N3O5/c1-2-30-19(27)15-7-9-16(10-8-15)23-18(26)13-25-20(28)22(24-21(25)29)12-11-14-5-3-4-6-17(14)22/h3-10H,2,11-13H2,1H3,(H,23,26)(H,24,29)/t22-/m0/s1. The average Bonchev–Trinajstić information content (AvgIpc) is 3.22. The van der Waals surface area contributed by atoms with E-state index in [0.29, 0.717) is 24.1 Å². The molecule has 2 aromatic carbocycles. The highest BCUT2D eigenvalue weighted by Crippen LogP contribution is 2.41. The third-order valence-corrected chi connectivity index (χ3v) is 5.40. The van der Waals surface area contributed by atoms with Crippen LogP contribution in [0.4, 0.5) is 10.5 Å². The normalized spacial score (nSPS) is 19.6. The molecule has 1 spiro atoms. The van der Waals surface area contributed by atoms with Gasteiger partial charge >= 0.3 is 12.0 Å². The molecule has 154 valence electrons. The number of nitrogens with zero attached hydrogens (tertiary/aromatic N) is 1. The highest BCUT2D eigenvalue weighted by Gasteiger charge is 2.55. The number of amides is 4. The predicted octanol–water partition coefficient (Wildman–Crippen LogP) is 2.20. The minimum atomic E-state index is -1.09. The first-order chi connectivity index (χ1) is 14.4. The van der Waals surface area contributed by atoms with Gasteiger partial charge in [0.05, 0.1) is 12.2 Å². The van der Waals surface area contributed by atoms with Crippen molar-refractivity contribution in [3.8, 4) is 0 Å². The maximum atomic E-state index is 13.1. The third kappa shape index (κ3) is 3.30. The average molecular weight is 407 g/mol. The fraction of sp³-hybridized carbons (Fsp3) is 0.273. The molecule has 4 rings (SSSR count). The van der Waals surface area contributed by atoms with Crippen LogP contribution in [0.1, 0.15) is 34.8 Å². The number of hydrogen-bond donors (Lipinski definition) is 2. The van der Waals surface area contributed by atoms with Crippen molar-refractivity contribution in [1.82, 2.24) is 10.2 Å². The van der Waals surface area contributed by atoms with E-state index in [9.17, 15) is 19.2 Å². The van der Waals surface area contributed by atoms with E-state index in [0.717, 1.165) is 16.0 Å². The summed E-state index contributed by atoms with van der Waals surface area (Å²) >= 11 is 0. The van der Waals surface area contributed by atoms with Crippen LogP contribution in [-0.2, 0) is 26.3 Å². The number of urea groups is 1. The quantitative estimate of drug-likeness (QED) is 0.584. The van der Waals surface area contributed by atoms with E-state index in [1.165, 1.54) is 12.1 Å². The summed E-state index contributed by atoms with van der Waals surface area (Å²) < 4.78 is 4.92. The Morgan fingerprint density at radius 2 is 1.87 bits per heavy atom. The number of imide groups is 1. The van der Waals surface area contributed by atoms with Gasteiger partial charge in [0.15, 0.2) is 0 Å². The van der Waals surface area contributed by atoms with Gasteiger partial charge in [0.2, 0.25) is 5.91 Å². The van der Waals surface area contributed by atoms with E-state index in [1.807, 2.05) is 24.3 Å². The highest BCUT2D eigenvalue weighted by molar-refractivity contribution is 6.11. The number of aryl methyl sites for hydroxylation is 1. The number of anilines is 1. The lowest BCUT2D eigenvalue weighted by Gasteiger charge is -2.22. The predicted molar refractivity (Wildman–Crippen MR) is 108 cm³/mol. The largest absolute Gasteiger partial charge is 0.462 e. The first-order valence-electron chi connectivity index (χ1n) is 9.74. The lowest BCUT2D eigenvalue weighted by Crippen LogP contribution is -2.42. The van der Waals surface area contributed by atoms with E-state index in [4.69, 9.17) is 4.74 Å². The zero-order valence-electron chi connectivity index (χ0n) is 16.4. The van der Waals surface area contributed by atoms with Crippen LogP contribution in [0.3, 0.4) is 0 Å². The first-order valence-corrected chi connectivity index (χ1v) is 9.74. The van der Waals surface area contributed by atoms with Crippen molar-refractivity contribution in [1.29, 1.82) is 0 Å². The molecule has 4 amide bonds. The van der Waals surface area contributed by atoms with Gasteiger partial charge in [-0.05, 0) is 55.2 Å². The lowest BCUT2D eigenvalue weighted by molar-refractivity contribution is -0.134. The smallest absolute Gasteiger partial charge is 0.338 e. The van der Waals surface area contributed by atoms with Gasteiger partial charge in [0, 0.05) is 5.69 Å². The monoisotopic (exact) mass is 407 g/mol. The molecular weight excluding hydrogens is 386 g/mol. The molecule has 8 nitrogen and oxygen atoms in total. The fourth-order valence-corrected chi connectivity index (χ4v) is 3.98. The van der Waals surface area contributed by atoms with Crippen LogP contribution >= 0.6 is 0 Å². The van der Waals surface area contributed by atoms with Crippen LogP contribution in [0.5, 0.6) is 0 Å². The summed E-state index contributed by atoms with van der Waals surface area (Å²) in [4.78, 5) is 50.7. The number of hydrogen-bond acceptors (Lipinski definition) is 5. The molecule has 1 heterocycles. The SMILES string of the molecule is CCOC(=O)c1ccc(NC(=O)CN2C(=O)N[C@]3(CCc4ccccc43)C2=O)cc1. The molecule has 0 saturated carbocycles. The minimum absolute atomic E-state index is 0.273. The number of benzene rings is 2. The number of carbonyl (C=O) groups excluding carboxylic acids is 4. The second-order valence-corrected chi connectivity index (χ2v) is 7.23. The number of fused-ring (bicyclic) bond motifs is 2. The maximum absolute atomic E-state index is 13.1. The second-order valence-electron chi connectivity index (χ2n) is 7.23. The summed E-state index contributed by atoms with van der Waals surface area (Å²) in [5.74, 6) is -1.37. The Balaban J connectivity index is 1.44. The number of rotatable bonds is 5. The van der Waals surface area contributed by atoms with Crippen molar-refractivity contribution >= 4 is 29.5 Å². The molecule has 2 N–H and O–H groups in total. The molecule has 0 unspecified atom stereocenters. The van der Waals surface area contributed by atoms with Crippen LogP contribution in [-0.4, -0.2) is 41.9 Å². The molecule has 1 aliphatic carbocycles. The van der Waals surface area contributed by atoms with Crippen molar-refractivity contribution in [2.75, 3.05) is 18.5 Å². The van der Waals surface area contributed by atoms with E-state index >= 15 is 0 Å². The second kappa shape index (κ2) is 7.62. The summed E-state index contributed by atoms with van der Waals surface area (Å²) in [7, 11) is 0. The van der Waals surface area contributed by atoms with Crippen molar-refractivity contribution in [3.63, 3.8) is 0 Å². The van der Waals surface area contributed by atoms with Crippen LogP contribution in [0.25, 0.3) is 0 Å². The van der Waals surface area contributed by atoms with Crippen LogP contribution in [0.15, 0.2) is 48.5 Å². The number of carbonyl (C=O) groups is 4. The lowest BCUT2D eigenvalue weighted by atomic mass is 9.92. The molecule has 1 saturated heterocycles. The van der Waals surface area contributed by atoms with Gasteiger partial charge in [0.25, 0.3) is 5.91 Å². The summed E-state index contributed by atoms with van der Waals surface area (Å²) in [6, 6.07) is 13.1. The molecule has 1 aliphatic heterocycles. The summed E-state index contributed by atoms with van der Waals surface area (Å²) in [6.07, 6.45) is 1.17. The zero-order valence-corrected chi connectivity index (χ0v) is 16.4. The molecule has 1 fully saturated rings. The molecule has 8 heteroatoms. The van der Waals surface area contributed by atoms with Crippen molar-refractivity contribution < 1.29 is 23.9 Å². The van der Waals surface area contributed by atoms with Gasteiger partial charge in [-0.25, -0.2) is 9.59 Å². The maximum Gasteiger partial charge on any atom is 0.338 e. The van der Waals surface area contributed by atoms with E-state index in [2.05, 4.69) is 10.6 Å². The molecule has 2 aromatic rings. The van der Waals surface area contributed by atoms with Gasteiger partial charge in [-0.1, -0.05) is 24.3 Å². The van der Waals surface area contributed by atoms with Crippen molar-refractivity contribution in [2.24, 2.45) is 0 Å². The highest BCUT2D eigenvalue weighted by atomic mass is 16.5. The van der Waals surface area contributed by atoms with Crippen LogP contribution in [0.2, 0.25) is 0 Å². The van der Waals surface area contributed by atoms with Crippen LogP contribution in [0, 0.1) is 0 Å². The molecule has 0 aromatic heterocycles. The summed E-state index contributed by atoms with van der Waals surface area (Å²) in [5, 5.41) is 5.43. The Morgan fingerprint density at radius 3 is 2.60 bits per heavy atom. The number of esters is 1. The summed E-state index contributed by atoms with van der Waals surface area (Å²) in [5.41, 5.74) is 1.54. The Hall–Kier alpha value is -3.68. The number of ether oxygens (including phenoxy) is 1. The first kappa shape index (κ1) is 19.6. The van der Waals surface area contributed by atoms with E-state index in [-0.39, 0.29) is 6.61 Å².